The van der Waals surface area contributed by atoms with E-state index < -0.39 is 5.97 Å². The summed E-state index contributed by atoms with van der Waals surface area (Å²) >= 11 is 0. The van der Waals surface area contributed by atoms with Crippen LogP contribution >= 0.6 is 0 Å². The molecule has 0 unspecified atom stereocenters. The monoisotopic (exact) mass is 341 g/mol. The largest absolute Gasteiger partial charge is 0.476 e. The van der Waals surface area contributed by atoms with E-state index in [0.717, 1.165) is 19.4 Å². The van der Waals surface area contributed by atoms with Crippen molar-refractivity contribution in [3.8, 4) is 5.69 Å². The van der Waals surface area contributed by atoms with Gasteiger partial charge in [0.1, 0.15) is 5.69 Å². The molecule has 7 heteroatoms. The number of ether oxygens (including phenoxy) is 1. The number of aromatic nitrogens is 2. The van der Waals surface area contributed by atoms with Crippen LogP contribution in [-0.2, 0) is 4.74 Å². The zero-order chi connectivity index (χ0) is 17.4. The highest BCUT2D eigenvalue weighted by molar-refractivity contribution is 5.96. The molecule has 2 aliphatic rings. The van der Waals surface area contributed by atoms with E-state index in [1.54, 1.807) is 17.0 Å². The first kappa shape index (κ1) is 15.8. The SMILES string of the molecule is O=C(O)c1cc(C(=O)N2CC[C@]3(CCOC3)C2)n(-c2ccccc2)n1. The van der Waals surface area contributed by atoms with Crippen LogP contribution in [0.5, 0.6) is 0 Å². The molecule has 1 atom stereocenters. The number of benzene rings is 1. The average molecular weight is 341 g/mol. The van der Waals surface area contributed by atoms with Gasteiger partial charge in [0.15, 0.2) is 5.69 Å². The molecule has 4 rings (SSSR count). The highest BCUT2D eigenvalue weighted by Gasteiger charge is 2.43. The Kier molecular flexibility index (Phi) is 3.80. The predicted octanol–water partition coefficient (Wildman–Crippen LogP) is 1.82. The Morgan fingerprint density at radius 2 is 2.00 bits per heavy atom. The van der Waals surface area contributed by atoms with Crippen molar-refractivity contribution >= 4 is 11.9 Å². The highest BCUT2D eigenvalue weighted by atomic mass is 16.5. The maximum Gasteiger partial charge on any atom is 0.356 e. The number of nitrogens with zero attached hydrogens (tertiary/aromatic N) is 3. The van der Waals surface area contributed by atoms with Gasteiger partial charge in [-0.2, -0.15) is 5.10 Å². The summed E-state index contributed by atoms with van der Waals surface area (Å²) < 4.78 is 6.93. The molecule has 1 aromatic carbocycles. The Hall–Kier alpha value is -2.67. The lowest BCUT2D eigenvalue weighted by molar-refractivity contribution is 0.0689. The maximum atomic E-state index is 13.0. The summed E-state index contributed by atoms with van der Waals surface area (Å²) in [6.07, 6.45) is 1.89. The van der Waals surface area contributed by atoms with Gasteiger partial charge < -0.3 is 14.7 Å². The Morgan fingerprint density at radius 1 is 1.20 bits per heavy atom. The first-order valence-corrected chi connectivity index (χ1v) is 8.34. The van der Waals surface area contributed by atoms with Crippen LogP contribution in [-0.4, -0.2) is 58.0 Å². The number of carbonyl (C=O) groups excluding carboxylic acids is 1. The third-order valence-corrected chi connectivity index (χ3v) is 5.06. The van der Waals surface area contributed by atoms with E-state index in [1.807, 2.05) is 18.2 Å². The average Bonchev–Trinajstić information content (AvgIpc) is 3.36. The summed E-state index contributed by atoms with van der Waals surface area (Å²) in [5, 5.41) is 13.4. The van der Waals surface area contributed by atoms with Crippen LogP contribution in [0, 0.1) is 5.41 Å². The Bertz CT molecular complexity index is 809. The van der Waals surface area contributed by atoms with E-state index in [-0.39, 0.29) is 22.7 Å². The molecular formula is C18H19N3O4. The fourth-order valence-electron chi connectivity index (χ4n) is 3.65. The zero-order valence-corrected chi connectivity index (χ0v) is 13.7. The molecular weight excluding hydrogens is 322 g/mol. The number of hydrogen-bond donors (Lipinski definition) is 1. The Balaban J connectivity index is 1.67. The molecule has 2 aromatic rings. The molecule has 7 nitrogen and oxygen atoms in total. The second-order valence-electron chi connectivity index (χ2n) is 6.75. The molecule has 25 heavy (non-hydrogen) atoms. The van der Waals surface area contributed by atoms with E-state index in [2.05, 4.69) is 5.10 Å². The number of carboxylic acid groups (broad SMARTS) is 1. The fourth-order valence-corrected chi connectivity index (χ4v) is 3.65. The number of likely N-dealkylation sites (tertiary alicyclic amines) is 1. The molecule has 1 N–H and O–H groups in total. The molecule has 0 radical (unpaired) electrons. The summed E-state index contributed by atoms with van der Waals surface area (Å²) in [7, 11) is 0. The fraction of sp³-hybridized carbons (Fsp3) is 0.389. The third kappa shape index (κ3) is 2.80. The van der Waals surface area contributed by atoms with Crippen LogP contribution < -0.4 is 0 Å². The molecule has 1 amide bonds. The van der Waals surface area contributed by atoms with Crippen molar-refractivity contribution in [2.75, 3.05) is 26.3 Å². The minimum Gasteiger partial charge on any atom is -0.476 e. The Labute approximate surface area is 144 Å². The van der Waals surface area contributed by atoms with E-state index in [1.165, 1.54) is 10.7 Å². The first-order chi connectivity index (χ1) is 12.1. The molecule has 1 aromatic heterocycles. The standard InChI is InChI=1S/C18H19N3O4/c22-16(20-8-6-18(11-20)7-9-25-12-18)15-10-14(17(23)24)19-21(15)13-4-2-1-3-5-13/h1-5,10H,6-9,11-12H2,(H,23,24)/t18-/m0/s1. The van der Waals surface area contributed by atoms with Gasteiger partial charge in [-0.1, -0.05) is 18.2 Å². The van der Waals surface area contributed by atoms with Crippen LogP contribution in [0.2, 0.25) is 0 Å². The number of carbonyl (C=O) groups is 2. The van der Waals surface area contributed by atoms with Crippen molar-refractivity contribution in [3.05, 3.63) is 47.8 Å². The lowest BCUT2D eigenvalue weighted by Crippen LogP contribution is -2.33. The normalized spacial score (nSPS) is 22.6. The van der Waals surface area contributed by atoms with Crippen molar-refractivity contribution in [2.24, 2.45) is 5.41 Å². The van der Waals surface area contributed by atoms with Gasteiger partial charge in [0, 0.05) is 31.2 Å². The van der Waals surface area contributed by atoms with Crippen molar-refractivity contribution in [3.63, 3.8) is 0 Å². The van der Waals surface area contributed by atoms with Crippen molar-refractivity contribution in [1.82, 2.24) is 14.7 Å². The smallest absolute Gasteiger partial charge is 0.356 e. The number of rotatable bonds is 3. The highest BCUT2D eigenvalue weighted by Crippen LogP contribution is 2.38. The van der Waals surface area contributed by atoms with Crippen molar-refractivity contribution in [2.45, 2.75) is 12.8 Å². The third-order valence-electron chi connectivity index (χ3n) is 5.06. The molecule has 130 valence electrons. The molecule has 1 spiro atoms. The lowest BCUT2D eigenvalue weighted by atomic mass is 9.87. The van der Waals surface area contributed by atoms with Gasteiger partial charge in [-0.05, 0) is 25.0 Å². The topological polar surface area (TPSA) is 84.7 Å². The van der Waals surface area contributed by atoms with E-state index in [4.69, 9.17) is 4.74 Å². The minimum atomic E-state index is -1.15. The number of para-hydroxylation sites is 1. The first-order valence-electron chi connectivity index (χ1n) is 8.34. The number of amides is 1. The van der Waals surface area contributed by atoms with E-state index in [0.29, 0.717) is 25.4 Å². The molecule has 0 aliphatic carbocycles. The molecule has 0 bridgehead atoms. The molecule has 0 saturated carbocycles. The zero-order valence-electron chi connectivity index (χ0n) is 13.7. The number of hydrogen-bond acceptors (Lipinski definition) is 4. The number of carboxylic acids is 1. The van der Waals surface area contributed by atoms with E-state index in [9.17, 15) is 14.7 Å². The Morgan fingerprint density at radius 3 is 2.68 bits per heavy atom. The molecule has 2 saturated heterocycles. The lowest BCUT2D eigenvalue weighted by Gasteiger charge is -2.22. The van der Waals surface area contributed by atoms with Gasteiger partial charge in [0.25, 0.3) is 5.91 Å². The van der Waals surface area contributed by atoms with Crippen molar-refractivity contribution in [1.29, 1.82) is 0 Å². The van der Waals surface area contributed by atoms with Gasteiger partial charge in [0.05, 0.1) is 12.3 Å². The van der Waals surface area contributed by atoms with Gasteiger partial charge in [-0.15, -0.1) is 0 Å². The van der Waals surface area contributed by atoms with Gasteiger partial charge >= 0.3 is 5.97 Å². The summed E-state index contributed by atoms with van der Waals surface area (Å²) in [4.78, 5) is 26.2. The van der Waals surface area contributed by atoms with Crippen LogP contribution in [0.4, 0.5) is 0 Å². The van der Waals surface area contributed by atoms with Crippen LogP contribution in [0.25, 0.3) is 5.69 Å². The van der Waals surface area contributed by atoms with Crippen LogP contribution in [0.1, 0.15) is 33.8 Å². The predicted molar refractivity (Wildman–Crippen MR) is 88.9 cm³/mol. The van der Waals surface area contributed by atoms with Gasteiger partial charge in [0.2, 0.25) is 0 Å². The van der Waals surface area contributed by atoms with Crippen molar-refractivity contribution < 1.29 is 19.4 Å². The molecule has 3 heterocycles. The summed E-state index contributed by atoms with van der Waals surface area (Å²) in [6, 6.07) is 10.5. The maximum absolute atomic E-state index is 13.0. The minimum absolute atomic E-state index is 0.0584. The summed E-state index contributed by atoms with van der Waals surface area (Å²) in [5.74, 6) is -1.33. The van der Waals surface area contributed by atoms with Gasteiger partial charge in [-0.25, -0.2) is 9.48 Å². The van der Waals surface area contributed by atoms with E-state index >= 15 is 0 Å². The quantitative estimate of drug-likeness (QED) is 0.920. The summed E-state index contributed by atoms with van der Waals surface area (Å²) in [6.45, 7) is 2.74. The van der Waals surface area contributed by atoms with Gasteiger partial charge in [-0.3, -0.25) is 4.79 Å². The number of aromatic carboxylic acids is 1. The second-order valence-corrected chi connectivity index (χ2v) is 6.75. The van der Waals surface area contributed by atoms with Crippen LogP contribution in [0.15, 0.2) is 36.4 Å². The van der Waals surface area contributed by atoms with Crippen LogP contribution in [0.3, 0.4) is 0 Å². The second kappa shape index (κ2) is 6.00. The molecule has 2 fully saturated rings. The molecule has 2 aliphatic heterocycles. The summed E-state index contributed by atoms with van der Waals surface area (Å²) in [5.41, 5.74) is 0.865.